The molecule has 2 aromatic carbocycles. The largest absolute Gasteiger partial charge is 0.381 e. The summed E-state index contributed by atoms with van der Waals surface area (Å²) in [4.78, 5) is 19.6. The number of aromatic amines is 1. The van der Waals surface area contributed by atoms with Crippen LogP contribution in [0.1, 0.15) is 41.9 Å². The van der Waals surface area contributed by atoms with Crippen LogP contribution in [0, 0.1) is 29.3 Å². The Morgan fingerprint density at radius 3 is 2.33 bits per heavy atom. The number of hydrogen-bond donors (Lipinski definition) is 3. The van der Waals surface area contributed by atoms with Crippen molar-refractivity contribution < 1.29 is 31.5 Å². The minimum atomic E-state index is -4.01. The van der Waals surface area contributed by atoms with Gasteiger partial charge in [0.05, 0.1) is 15.2 Å². The van der Waals surface area contributed by atoms with E-state index in [1.54, 1.807) is 12.4 Å². The molecule has 0 saturated heterocycles. The molecule has 4 atom stereocenters. The number of nitrogens with zero attached hydrogens (tertiary/aromatic N) is 1. The van der Waals surface area contributed by atoms with Crippen molar-refractivity contribution in [1.82, 2.24) is 9.97 Å². The lowest BCUT2D eigenvalue weighted by Gasteiger charge is -2.41. The molecule has 1 aromatic heterocycles. The predicted molar refractivity (Wildman–Crippen MR) is 125 cm³/mol. The zero-order valence-electron chi connectivity index (χ0n) is 18.6. The minimum Gasteiger partial charge on any atom is -0.381 e. The second-order valence-electron chi connectivity index (χ2n) is 9.23. The Bertz CT molecular complexity index is 1410. The number of halogens is 4. The smallest absolute Gasteiger partial charge is 0.255 e. The summed E-state index contributed by atoms with van der Waals surface area (Å²) < 4.78 is 67.4. The lowest BCUT2D eigenvalue weighted by atomic mass is 9.74. The van der Waals surface area contributed by atoms with Crippen LogP contribution in [0.15, 0.2) is 47.6 Å². The SMILES string of the molecule is O=C(Nc1cc(F)c(F)c(F)c1)c1ccc(Cl)c(S(=O)(=O)[C@@H]2CC3CC[C@@H](C2)[C@@]3(O)c2ncc[nH]2)c1. The van der Waals surface area contributed by atoms with Gasteiger partial charge in [-0.25, -0.2) is 26.6 Å². The number of benzene rings is 2. The molecule has 2 bridgehead atoms. The van der Waals surface area contributed by atoms with E-state index in [1.807, 2.05) is 0 Å². The molecule has 0 spiro atoms. The summed E-state index contributed by atoms with van der Waals surface area (Å²) in [5.41, 5.74) is -1.69. The molecule has 2 saturated carbocycles. The third kappa shape index (κ3) is 3.99. The molecule has 2 fully saturated rings. The maximum atomic E-state index is 13.6. The summed E-state index contributed by atoms with van der Waals surface area (Å²) in [5.74, 6) is -5.71. The zero-order chi connectivity index (χ0) is 25.8. The van der Waals surface area contributed by atoms with Crippen molar-refractivity contribution in [3.8, 4) is 0 Å². The zero-order valence-corrected chi connectivity index (χ0v) is 20.2. The Morgan fingerprint density at radius 2 is 1.75 bits per heavy atom. The monoisotopic (exact) mass is 539 g/mol. The van der Waals surface area contributed by atoms with Crippen LogP contribution in [-0.4, -0.2) is 34.6 Å². The van der Waals surface area contributed by atoms with E-state index in [1.165, 1.54) is 12.1 Å². The maximum Gasteiger partial charge on any atom is 0.255 e. The molecule has 1 heterocycles. The first-order valence-corrected chi connectivity index (χ1v) is 13.2. The predicted octanol–water partition coefficient (Wildman–Crippen LogP) is 4.58. The second-order valence-corrected chi connectivity index (χ2v) is 11.8. The van der Waals surface area contributed by atoms with Crippen molar-refractivity contribution in [3.05, 3.63) is 76.6 Å². The van der Waals surface area contributed by atoms with Gasteiger partial charge in [0, 0.05) is 35.8 Å². The molecule has 0 aliphatic heterocycles. The summed E-state index contributed by atoms with van der Waals surface area (Å²) in [7, 11) is -4.01. The molecule has 3 N–H and O–H groups in total. The number of carbonyl (C=O) groups excluding carboxylic acids is 1. The number of sulfone groups is 1. The molecular formula is C24H21ClF3N3O4S. The first-order chi connectivity index (χ1) is 17.0. The standard InChI is InChI=1S/C24H21ClF3N3O4S/c25-17-4-1-12(22(32)31-15-10-18(26)21(28)19(27)11-15)7-20(17)36(34,35)16-8-13-2-3-14(9-16)24(13,33)23-29-5-6-30-23/h1,4-7,10-11,13-14,16,33H,2-3,8-9H2,(H,29,30)(H,31,32)/t13-,14?,16-,24-/m0/s1. The highest BCUT2D eigenvalue weighted by Crippen LogP contribution is 2.56. The van der Waals surface area contributed by atoms with E-state index in [2.05, 4.69) is 15.3 Å². The molecule has 7 nitrogen and oxygen atoms in total. The Morgan fingerprint density at radius 1 is 1.11 bits per heavy atom. The van der Waals surface area contributed by atoms with E-state index >= 15 is 0 Å². The first kappa shape index (κ1) is 24.8. The number of rotatable bonds is 5. The summed E-state index contributed by atoms with van der Waals surface area (Å²) in [5, 5.41) is 12.7. The molecule has 1 amide bonds. The van der Waals surface area contributed by atoms with E-state index in [9.17, 15) is 31.5 Å². The van der Waals surface area contributed by atoms with Gasteiger partial charge in [0.2, 0.25) is 0 Å². The van der Waals surface area contributed by atoms with Crippen molar-refractivity contribution in [1.29, 1.82) is 0 Å². The normalized spacial score (nSPS) is 25.6. The quantitative estimate of drug-likeness (QED) is 0.411. The number of anilines is 1. The van der Waals surface area contributed by atoms with Crippen molar-refractivity contribution in [2.75, 3.05) is 5.32 Å². The molecule has 12 heteroatoms. The van der Waals surface area contributed by atoms with Gasteiger partial charge in [0.15, 0.2) is 27.3 Å². The van der Waals surface area contributed by atoms with E-state index in [-0.39, 0.29) is 45.8 Å². The van der Waals surface area contributed by atoms with Crippen LogP contribution in [-0.2, 0) is 15.4 Å². The van der Waals surface area contributed by atoms with Crippen LogP contribution in [0.2, 0.25) is 5.02 Å². The van der Waals surface area contributed by atoms with Gasteiger partial charge in [0.1, 0.15) is 11.4 Å². The number of aromatic nitrogens is 2. The molecule has 190 valence electrons. The highest BCUT2D eigenvalue weighted by Gasteiger charge is 2.58. The van der Waals surface area contributed by atoms with Crippen LogP contribution in [0.25, 0.3) is 0 Å². The number of H-pyrrole nitrogens is 1. The fraction of sp³-hybridized carbons (Fsp3) is 0.333. The number of carbonyl (C=O) groups is 1. The average Bonchev–Trinajstić information content (AvgIpc) is 3.40. The molecule has 36 heavy (non-hydrogen) atoms. The van der Waals surface area contributed by atoms with E-state index in [0.29, 0.717) is 30.8 Å². The fourth-order valence-electron chi connectivity index (χ4n) is 5.50. The lowest BCUT2D eigenvalue weighted by Crippen LogP contribution is -2.46. The van der Waals surface area contributed by atoms with Gasteiger partial charge in [-0.15, -0.1) is 0 Å². The summed E-state index contributed by atoms with van der Waals surface area (Å²) in [6.45, 7) is 0. The Balaban J connectivity index is 1.41. The topological polar surface area (TPSA) is 112 Å². The molecule has 5 rings (SSSR count). The maximum absolute atomic E-state index is 13.6. The highest BCUT2D eigenvalue weighted by molar-refractivity contribution is 7.92. The van der Waals surface area contributed by atoms with E-state index in [4.69, 9.17) is 11.6 Å². The average molecular weight is 540 g/mol. The van der Waals surface area contributed by atoms with Crippen molar-refractivity contribution >= 4 is 33.0 Å². The van der Waals surface area contributed by atoms with Crippen molar-refractivity contribution in [2.24, 2.45) is 11.8 Å². The second kappa shape index (κ2) is 8.89. The van der Waals surface area contributed by atoms with Crippen LogP contribution >= 0.6 is 11.6 Å². The Hall–Kier alpha value is -2.89. The first-order valence-electron chi connectivity index (χ1n) is 11.2. The molecule has 3 aromatic rings. The summed E-state index contributed by atoms with van der Waals surface area (Å²) in [6, 6.07) is 4.86. The van der Waals surface area contributed by atoms with E-state index in [0.717, 1.165) is 6.07 Å². The Kier molecular flexibility index (Phi) is 6.12. The number of hydrogen-bond acceptors (Lipinski definition) is 5. The number of imidazole rings is 1. The van der Waals surface area contributed by atoms with Gasteiger partial charge in [-0.3, -0.25) is 4.79 Å². The fourth-order valence-corrected chi connectivity index (χ4v) is 7.90. The summed E-state index contributed by atoms with van der Waals surface area (Å²) in [6.07, 6.45) is 4.83. The lowest BCUT2D eigenvalue weighted by molar-refractivity contribution is -0.0713. The van der Waals surface area contributed by atoms with Crippen molar-refractivity contribution in [3.63, 3.8) is 0 Å². The molecule has 1 unspecified atom stereocenters. The third-order valence-corrected chi connectivity index (χ3v) is 9.92. The van der Waals surface area contributed by atoms with Crippen LogP contribution in [0.5, 0.6) is 0 Å². The summed E-state index contributed by atoms with van der Waals surface area (Å²) >= 11 is 6.23. The van der Waals surface area contributed by atoms with Crippen LogP contribution < -0.4 is 5.32 Å². The van der Waals surface area contributed by atoms with Gasteiger partial charge < -0.3 is 15.4 Å². The Labute approximate surface area is 209 Å². The van der Waals surface area contributed by atoms with Gasteiger partial charge in [-0.05, 0) is 55.7 Å². The molecular weight excluding hydrogens is 519 g/mol. The molecule has 0 radical (unpaired) electrons. The van der Waals surface area contributed by atoms with Gasteiger partial charge in [0.25, 0.3) is 5.91 Å². The highest BCUT2D eigenvalue weighted by atomic mass is 35.5. The number of fused-ring (bicyclic) bond motifs is 2. The van der Waals surface area contributed by atoms with Gasteiger partial charge in [-0.2, -0.15) is 0 Å². The van der Waals surface area contributed by atoms with Crippen molar-refractivity contribution in [2.45, 2.75) is 41.4 Å². The molecule has 2 aliphatic carbocycles. The van der Waals surface area contributed by atoms with Crippen LogP contribution in [0.4, 0.5) is 18.9 Å². The van der Waals surface area contributed by atoms with Gasteiger partial charge in [-0.1, -0.05) is 11.6 Å². The van der Waals surface area contributed by atoms with Gasteiger partial charge >= 0.3 is 0 Å². The number of amides is 1. The van der Waals surface area contributed by atoms with Crippen LogP contribution in [0.3, 0.4) is 0 Å². The minimum absolute atomic E-state index is 0.0790. The molecule has 2 aliphatic rings. The number of nitrogens with one attached hydrogen (secondary N) is 2. The van der Waals surface area contributed by atoms with E-state index < -0.39 is 44.0 Å². The number of aliphatic hydroxyl groups is 1. The third-order valence-electron chi connectivity index (χ3n) is 7.26.